The van der Waals surface area contributed by atoms with Gasteiger partial charge in [0.2, 0.25) is 0 Å². The maximum Gasteiger partial charge on any atom is 0.407 e. The van der Waals surface area contributed by atoms with Gasteiger partial charge in [0, 0.05) is 6.54 Å². The summed E-state index contributed by atoms with van der Waals surface area (Å²) in [6.07, 6.45) is -0.560. The Balaban J connectivity index is 3.06. The standard InChI is InChI=1S/C5H10FNO2/c1-2-9-5(8)7-4-3-6/h2-4H2,1H3,(H,7,8). The van der Waals surface area contributed by atoms with Crippen molar-refractivity contribution in [1.82, 2.24) is 5.32 Å². The molecule has 0 heterocycles. The number of amides is 1. The van der Waals surface area contributed by atoms with Crippen LogP contribution in [0, 0.1) is 0 Å². The van der Waals surface area contributed by atoms with Gasteiger partial charge in [-0.1, -0.05) is 0 Å². The molecule has 0 bridgehead atoms. The Hall–Kier alpha value is -0.800. The van der Waals surface area contributed by atoms with Crippen LogP contribution in [0.2, 0.25) is 0 Å². The first-order valence-corrected chi connectivity index (χ1v) is 2.77. The normalized spacial score (nSPS) is 8.67. The van der Waals surface area contributed by atoms with Gasteiger partial charge in [0.05, 0.1) is 6.61 Å². The van der Waals surface area contributed by atoms with E-state index < -0.39 is 12.8 Å². The van der Waals surface area contributed by atoms with Crippen LogP contribution in [0.5, 0.6) is 0 Å². The van der Waals surface area contributed by atoms with E-state index in [1.165, 1.54) is 0 Å². The molecule has 4 heteroatoms. The number of alkyl carbamates (subject to hydrolysis) is 1. The summed E-state index contributed by atoms with van der Waals surface area (Å²) in [5, 5.41) is 2.20. The average Bonchev–Trinajstić information content (AvgIpc) is 1.85. The summed E-state index contributed by atoms with van der Waals surface area (Å²) in [4.78, 5) is 10.3. The molecule has 0 aliphatic carbocycles. The zero-order valence-corrected chi connectivity index (χ0v) is 5.32. The molecule has 0 unspecified atom stereocenters. The lowest BCUT2D eigenvalue weighted by atomic mass is 10.7. The van der Waals surface area contributed by atoms with Crippen LogP contribution in [0.4, 0.5) is 9.18 Å². The van der Waals surface area contributed by atoms with Crippen molar-refractivity contribution >= 4 is 6.09 Å². The van der Waals surface area contributed by atoms with Crippen LogP contribution in [-0.4, -0.2) is 25.9 Å². The largest absolute Gasteiger partial charge is 0.450 e. The SMILES string of the molecule is CCOC(=O)NCCF. The molecule has 54 valence electrons. The van der Waals surface area contributed by atoms with Crippen molar-refractivity contribution in [3.63, 3.8) is 0 Å². The van der Waals surface area contributed by atoms with Gasteiger partial charge in [-0.15, -0.1) is 0 Å². The van der Waals surface area contributed by atoms with Crippen LogP contribution in [0.15, 0.2) is 0 Å². The summed E-state index contributed by atoms with van der Waals surface area (Å²) >= 11 is 0. The Morgan fingerprint density at radius 2 is 2.44 bits per heavy atom. The molecule has 0 atom stereocenters. The van der Waals surface area contributed by atoms with Crippen LogP contribution < -0.4 is 5.32 Å². The zero-order chi connectivity index (χ0) is 7.11. The van der Waals surface area contributed by atoms with Crippen LogP contribution in [-0.2, 0) is 4.74 Å². The van der Waals surface area contributed by atoms with E-state index in [1.807, 2.05) is 0 Å². The molecular weight excluding hydrogens is 125 g/mol. The third kappa shape index (κ3) is 5.06. The Morgan fingerprint density at radius 3 is 2.89 bits per heavy atom. The van der Waals surface area contributed by atoms with E-state index in [1.54, 1.807) is 6.92 Å². The molecule has 0 fully saturated rings. The Labute approximate surface area is 53.2 Å². The van der Waals surface area contributed by atoms with E-state index in [2.05, 4.69) is 10.1 Å². The second kappa shape index (κ2) is 5.34. The van der Waals surface area contributed by atoms with Gasteiger partial charge in [-0.2, -0.15) is 0 Å². The zero-order valence-electron chi connectivity index (χ0n) is 5.32. The number of carbonyl (C=O) groups excluding carboxylic acids is 1. The molecule has 0 aromatic carbocycles. The summed E-state index contributed by atoms with van der Waals surface area (Å²) in [6, 6.07) is 0. The molecule has 0 rings (SSSR count). The predicted molar refractivity (Wildman–Crippen MR) is 31.0 cm³/mol. The molecule has 0 radical (unpaired) electrons. The second-order valence-electron chi connectivity index (χ2n) is 1.34. The quantitative estimate of drug-likeness (QED) is 0.618. The van der Waals surface area contributed by atoms with Crippen LogP contribution in [0.1, 0.15) is 6.92 Å². The highest BCUT2D eigenvalue weighted by molar-refractivity contribution is 5.66. The molecule has 0 spiro atoms. The van der Waals surface area contributed by atoms with Crippen molar-refractivity contribution < 1.29 is 13.9 Å². The van der Waals surface area contributed by atoms with Gasteiger partial charge in [0.15, 0.2) is 0 Å². The average molecular weight is 135 g/mol. The van der Waals surface area contributed by atoms with E-state index in [0.29, 0.717) is 6.61 Å². The number of halogens is 1. The number of rotatable bonds is 3. The summed E-state index contributed by atoms with van der Waals surface area (Å²) in [6.45, 7) is 1.48. The van der Waals surface area contributed by atoms with Crippen molar-refractivity contribution in [3.05, 3.63) is 0 Å². The lowest BCUT2D eigenvalue weighted by molar-refractivity contribution is 0.151. The molecule has 9 heavy (non-hydrogen) atoms. The topological polar surface area (TPSA) is 38.3 Å². The number of alkyl halides is 1. The Kier molecular flexibility index (Phi) is 4.86. The van der Waals surface area contributed by atoms with E-state index in [9.17, 15) is 9.18 Å². The Morgan fingerprint density at radius 1 is 1.78 bits per heavy atom. The summed E-state index contributed by atoms with van der Waals surface area (Å²) in [5.74, 6) is 0. The predicted octanol–water partition coefficient (Wildman–Crippen LogP) is 0.702. The minimum atomic E-state index is -0.560. The van der Waals surface area contributed by atoms with E-state index in [-0.39, 0.29) is 6.54 Å². The van der Waals surface area contributed by atoms with Gasteiger partial charge >= 0.3 is 6.09 Å². The van der Waals surface area contributed by atoms with Gasteiger partial charge in [0.1, 0.15) is 6.67 Å². The fraction of sp³-hybridized carbons (Fsp3) is 0.800. The molecule has 1 amide bonds. The first kappa shape index (κ1) is 8.20. The minimum absolute atomic E-state index is 0.0266. The highest BCUT2D eigenvalue weighted by Crippen LogP contribution is 1.74. The summed E-state index contributed by atoms with van der Waals surface area (Å²) in [7, 11) is 0. The fourth-order valence-corrected chi connectivity index (χ4v) is 0.331. The third-order valence-corrected chi connectivity index (χ3v) is 0.639. The minimum Gasteiger partial charge on any atom is -0.450 e. The number of hydrogen-bond donors (Lipinski definition) is 1. The number of ether oxygens (including phenoxy) is 1. The monoisotopic (exact) mass is 135 g/mol. The molecule has 0 aliphatic rings. The van der Waals surface area contributed by atoms with E-state index in [0.717, 1.165) is 0 Å². The van der Waals surface area contributed by atoms with Gasteiger partial charge in [-0.05, 0) is 6.92 Å². The van der Waals surface area contributed by atoms with Gasteiger partial charge in [-0.25, -0.2) is 9.18 Å². The second-order valence-corrected chi connectivity index (χ2v) is 1.34. The third-order valence-electron chi connectivity index (χ3n) is 0.639. The molecule has 0 saturated carbocycles. The summed E-state index contributed by atoms with van der Waals surface area (Å²) in [5.41, 5.74) is 0. The highest BCUT2D eigenvalue weighted by atomic mass is 19.1. The van der Waals surface area contributed by atoms with Crippen LogP contribution >= 0.6 is 0 Å². The lowest BCUT2D eigenvalue weighted by Gasteiger charge is -2.00. The molecule has 1 N–H and O–H groups in total. The van der Waals surface area contributed by atoms with Crippen LogP contribution in [0.25, 0.3) is 0 Å². The molecule has 0 aliphatic heterocycles. The van der Waals surface area contributed by atoms with Gasteiger partial charge < -0.3 is 10.1 Å². The van der Waals surface area contributed by atoms with Crippen molar-refractivity contribution in [2.75, 3.05) is 19.8 Å². The summed E-state index contributed by atoms with van der Waals surface area (Å²) < 4.78 is 15.8. The number of carbonyl (C=O) groups is 1. The molecule has 3 nitrogen and oxygen atoms in total. The number of hydrogen-bond acceptors (Lipinski definition) is 2. The van der Waals surface area contributed by atoms with Crippen molar-refractivity contribution in [1.29, 1.82) is 0 Å². The first-order valence-electron chi connectivity index (χ1n) is 2.77. The van der Waals surface area contributed by atoms with E-state index >= 15 is 0 Å². The maximum absolute atomic E-state index is 11.3. The molecular formula is C5H10FNO2. The smallest absolute Gasteiger partial charge is 0.407 e. The Bertz CT molecular complexity index is 87.0. The van der Waals surface area contributed by atoms with E-state index in [4.69, 9.17) is 0 Å². The number of nitrogens with one attached hydrogen (secondary N) is 1. The maximum atomic E-state index is 11.3. The van der Waals surface area contributed by atoms with Gasteiger partial charge in [0.25, 0.3) is 0 Å². The first-order chi connectivity index (χ1) is 4.31. The fourth-order valence-electron chi connectivity index (χ4n) is 0.331. The molecule has 0 aromatic heterocycles. The van der Waals surface area contributed by atoms with Crippen molar-refractivity contribution in [2.24, 2.45) is 0 Å². The van der Waals surface area contributed by atoms with Crippen molar-refractivity contribution in [3.8, 4) is 0 Å². The van der Waals surface area contributed by atoms with Crippen molar-refractivity contribution in [2.45, 2.75) is 6.92 Å². The molecule has 0 aromatic rings. The van der Waals surface area contributed by atoms with Crippen LogP contribution in [0.3, 0.4) is 0 Å². The lowest BCUT2D eigenvalue weighted by Crippen LogP contribution is -2.26. The highest BCUT2D eigenvalue weighted by Gasteiger charge is 1.95. The molecule has 0 saturated heterocycles. The van der Waals surface area contributed by atoms with Gasteiger partial charge in [-0.3, -0.25) is 0 Å².